The zero-order valence-electron chi connectivity index (χ0n) is 6.45. The van der Waals surface area contributed by atoms with Crippen molar-refractivity contribution in [1.82, 2.24) is 0 Å². The average molecular weight is 186 g/mol. The summed E-state index contributed by atoms with van der Waals surface area (Å²) in [5.41, 5.74) is 0.793. The predicted octanol–water partition coefficient (Wildman–Crippen LogP) is 0.0338. The molecule has 1 aromatic rings. The van der Waals surface area contributed by atoms with Gasteiger partial charge in [0.15, 0.2) is 0 Å². The second kappa shape index (κ2) is 3.35. The Morgan fingerprint density at radius 1 is 1.33 bits per heavy atom. The van der Waals surface area contributed by atoms with E-state index in [1.54, 1.807) is 13.0 Å². The van der Waals surface area contributed by atoms with Crippen LogP contribution >= 0.6 is 11.6 Å². The van der Waals surface area contributed by atoms with Crippen LogP contribution in [-0.4, -0.2) is 22.3 Å². The summed E-state index contributed by atoms with van der Waals surface area (Å²) < 4.78 is 0. The molecule has 3 nitrogen and oxygen atoms in total. The van der Waals surface area contributed by atoms with E-state index in [0.29, 0.717) is 0 Å². The molecule has 5 heteroatoms. The minimum absolute atomic E-state index is 0.0278. The fraction of sp³-hybridized carbons (Fsp3) is 0.143. The van der Waals surface area contributed by atoms with Gasteiger partial charge in [0.25, 0.3) is 0 Å². The van der Waals surface area contributed by atoms with Gasteiger partial charge in [-0.05, 0) is 18.6 Å². The molecule has 0 atom stereocenters. The molecule has 0 radical (unpaired) electrons. The molecule has 0 bridgehead atoms. The van der Waals surface area contributed by atoms with Gasteiger partial charge in [-0.2, -0.15) is 0 Å². The van der Waals surface area contributed by atoms with E-state index in [-0.39, 0.29) is 16.2 Å². The highest BCUT2D eigenvalue weighted by Gasteiger charge is 2.18. The van der Waals surface area contributed by atoms with E-state index in [0.717, 1.165) is 5.56 Å². The van der Waals surface area contributed by atoms with Gasteiger partial charge in [-0.25, -0.2) is 0 Å². The van der Waals surface area contributed by atoms with Crippen molar-refractivity contribution in [3.63, 3.8) is 0 Å². The summed E-state index contributed by atoms with van der Waals surface area (Å²) in [6.07, 6.45) is 0. The van der Waals surface area contributed by atoms with Crippen LogP contribution in [0.15, 0.2) is 12.1 Å². The van der Waals surface area contributed by atoms with Crippen molar-refractivity contribution in [2.45, 2.75) is 6.92 Å². The Hall–Kier alpha value is -0.705. The van der Waals surface area contributed by atoms with Crippen molar-refractivity contribution in [3.05, 3.63) is 22.7 Å². The molecule has 1 aromatic carbocycles. The number of phenolic OH excluding ortho intramolecular Hbond substituents is 1. The largest absolute Gasteiger partial charge is 0.507 e. The first kappa shape index (κ1) is 9.38. The molecule has 0 saturated carbocycles. The average Bonchev–Trinajstić information content (AvgIpc) is 1.96. The topological polar surface area (TPSA) is 60.7 Å². The maximum absolute atomic E-state index is 9.24. The van der Waals surface area contributed by atoms with Gasteiger partial charge >= 0.3 is 7.12 Å². The Bertz CT molecular complexity index is 301. The number of phenols is 1. The number of aromatic hydroxyl groups is 1. The lowest BCUT2D eigenvalue weighted by molar-refractivity contribution is 0.419. The van der Waals surface area contributed by atoms with Crippen molar-refractivity contribution < 1.29 is 15.2 Å². The number of hydrogen-bond acceptors (Lipinski definition) is 3. The molecule has 12 heavy (non-hydrogen) atoms. The standard InChI is InChI=1S/C7H8BClO3/c1-4-2-5(8(11)12)7(10)6(9)3-4/h2-3,10-12H,1H3. The number of aryl methyl sites for hydroxylation is 1. The zero-order valence-corrected chi connectivity index (χ0v) is 7.21. The molecule has 1 rings (SSSR count). The maximum atomic E-state index is 9.24. The lowest BCUT2D eigenvalue weighted by Crippen LogP contribution is -2.30. The SMILES string of the molecule is Cc1cc(Cl)c(O)c(B(O)O)c1. The van der Waals surface area contributed by atoms with Gasteiger partial charge < -0.3 is 15.2 Å². The van der Waals surface area contributed by atoms with Crippen molar-refractivity contribution in [1.29, 1.82) is 0 Å². The Morgan fingerprint density at radius 2 is 1.92 bits per heavy atom. The van der Waals surface area contributed by atoms with Gasteiger partial charge in [0.05, 0.1) is 5.02 Å². The van der Waals surface area contributed by atoms with Crippen LogP contribution in [0.5, 0.6) is 5.75 Å². The van der Waals surface area contributed by atoms with Crippen molar-refractivity contribution in [2.75, 3.05) is 0 Å². The molecule has 0 heterocycles. The third kappa shape index (κ3) is 1.72. The molecule has 0 amide bonds. The molecule has 3 N–H and O–H groups in total. The smallest absolute Gasteiger partial charge is 0.492 e. The zero-order chi connectivity index (χ0) is 9.30. The van der Waals surface area contributed by atoms with E-state index in [2.05, 4.69) is 0 Å². The molecule has 0 unspecified atom stereocenters. The van der Waals surface area contributed by atoms with Crippen LogP contribution in [-0.2, 0) is 0 Å². The molecule has 0 aliphatic rings. The first-order chi connectivity index (χ1) is 5.52. The first-order valence-corrected chi connectivity index (χ1v) is 3.75. The fourth-order valence-corrected chi connectivity index (χ4v) is 1.24. The van der Waals surface area contributed by atoms with Gasteiger partial charge in [0.1, 0.15) is 5.75 Å². The Labute approximate surface area is 75.4 Å². The summed E-state index contributed by atoms with van der Waals surface area (Å²) in [4.78, 5) is 0. The molecule has 0 spiro atoms. The Morgan fingerprint density at radius 3 is 2.42 bits per heavy atom. The molecular formula is C7H8BClO3. The Balaban J connectivity index is 3.28. The minimum Gasteiger partial charge on any atom is -0.507 e. The summed E-state index contributed by atoms with van der Waals surface area (Å²) in [5, 5.41) is 26.9. The summed E-state index contributed by atoms with van der Waals surface area (Å²) in [7, 11) is -1.69. The molecule has 0 fully saturated rings. The van der Waals surface area contributed by atoms with Crippen LogP contribution in [0.1, 0.15) is 5.56 Å². The quantitative estimate of drug-likeness (QED) is 0.543. The first-order valence-electron chi connectivity index (χ1n) is 3.37. The van der Waals surface area contributed by atoms with Crippen LogP contribution in [0, 0.1) is 6.92 Å². The summed E-state index contributed by atoms with van der Waals surface area (Å²) in [5.74, 6) is -0.280. The molecule has 0 aliphatic heterocycles. The third-order valence-corrected chi connectivity index (χ3v) is 1.80. The summed E-state index contributed by atoms with van der Waals surface area (Å²) in [6, 6.07) is 3.01. The molecular weight excluding hydrogens is 178 g/mol. The molecule has 0 saturated heterocycles. The number of rotatable bonds is 1. The predicted molar refractivity (Wildman–Crippen MR) is 47.7 cm³/mol. The highest BCUT2D eigenvalue weighted by molar-refractivity contribution is 6.60. The van der Waals surface area contributed by atoms with Crippen LogP contribution in [0.25, 0.3) is 0 Å². The molecule has 64 valence electrons. The molecule has 0 aromatic heterocycles. The highest BCUT2D eigenvalue weighted by atomic mass is 35.5. The second-order valence-electron chi connectivity index (χ2n) is 2.56. The van der Waals surface area contributed by atoms with E-state index in [1.165, 1.54) is 6.07 Å². The van der Waals surface area contributed by atoms with E-state index >= 15 is 0 Å². The monoisotopic (exact) mass is 186 g/mol. The van der Waals surface area contributed by atoms with Crippen LogP contribution in [0.2, 0.25) is 5.02 Å². The number of benzene rings is 1. The van der Waals surface area contributed by atoms with E-state index < -0.39 is 7.12 Å². The number of halogens is 1. The lowest BCUT2D eigenvalue weighted by atomic mass is 9.79. The second-order valence-corrected chi connectivity index (χ2v) is 2.97. The van der Waals surface area contributed by atoms with Crippen LogP contribution in [0.4, 0.5) is 0 Å². The van der Waals surface area contributed by atoms with E-state index in [1.807, 2.05) is 0 Å². The van der Waals surface area contributed by atoms with Gasteiger partial charge in [-0.1, -0.05) is 17.7 Å². The van der Waals surface area contributed by atoms with Gasteiger partial charge in [-0.3, -0.25) is 0 Å². The number of hydrogen-bond donors (Lipinski definition) is 3. The maximum Gasteiger partial charge on any atom is 0.492 e. The fourth-order valence-electron chi connectivity index (χ4n) is 0.958. The Kier molecular flexibility index (Phi) is 2.62. The molecule has 0 aliphatic carbocycles. The van der Waals surface area contributed by atoms with Crippen molar-refractivity contribution >= 4 is 24.2 Å². The van der Waals surface area contributed by atoms with E-state index in [4.69, 9.17) is 21.6 Å². The van der Waals surface area contributed by atoms with Gasteiger partial charge in [0.2, 0.25) is 0 Å². The highest BCUT2D eigenvalue weighted by Crippen LogP contribution is 2.21. The van der Waals surface area contributed by atoms with Crippen LogP contribution < -0.4 is 5.46 Å². The van der Waals surface area contributed by atoms with E-state index in [9.17, 15) is 5.11 Å². The summed E-state index contributed by atoms with van der Waals surface area (Å²) in [6.45, 7) is 1.75. The van der Waals surface area contributed by atoms with Crippen molar-refractivity contribution in [2.24, 2.45) is 0 Å². The normalized spacial score (nSPS) is 10.0. The van der Waals surface area contributed by atoms with Gasteiger partial charge in [-0.15, -0.1) is 0 Å². The van der Waals surface area contributed by atoms with Crippen LogP contribution in [0.3, 0.4) is 0 Å². The lowest BCUT2D eigenvalue weighted by Gasteiger charge is -2.05. The van der Waals surface area contributed by atoms with Gasteiger partial charge in [0, 0.05) is 5.46 Å². The minimum atomic E-state index is -1.69. The third-order valence-electron chi connectivity index (χ3n) is 1.52. The van der Waals surface area contributed by atoms with Crippen molar-refractivity contribution in [3.8, 4) is 5.75 Å². The summed E-state index contributed by atoms with van der Waals surface area (Å²) >= 11 is 5.59.